The number of halogens is 3. The van der Waals surface area contributed by atoms with E-state index < -0.39 is 17.8 Å². The molecule has 1 atom stereocenters. The Morgan fingerprint density at radius 1 is 1.35 bits per heavy atom. The third kappa shape index (κ3) is 3.28. The zero-order valence-electron chi connectivity index (χ0n) is 16.6. The van der Waals surface area contributed by atoms with Crippen LogP contribution in [0, 0.1) is 5.82 Å². The largest absolute Gasteiger partial charge is 0.385 e. The highest BCUT2D eigenvalue weighted by molar-refractivity contribution is 5.90. The van der Waals surface area contributed by atoms with Crippen LogP contribution in [0.1, 0.15) is 24.0 Å². The van der Waals surface area contributed by atoms with Gasteiger partial charge < -0.3 is 15.5 Å². The second kappa shape index (κ2) is 7.29. The summed E-state index contributed by atoms with van der Waals surface area (Å²) in [5, 5.41) is 11.0. The van der Waals surface area contributed by atoms with Gasteiger partial charge in [-0.05, 0) is 6.07 Å². The number of anilines is 2. The summed E-state index contributed by atoms with van der Waals surface area (Å²) < 4.78 is 41.6. The quantitative estimate of drug-likeness (QED) is 0.651. The predicted molar refractivity (Wildman–Crippen MR) is 110 cm³/mol. The summed E-state index contributed by atoms with van der Waals surface area (Å²) >= 11 is 0. The predicted octanol–water partition coefficient (Wildman–Crippen LogP) is 3.04. The lowest BCUT2D eigenvalue weighted by Crippen LogP contribution is -2.33. The Morgan fingerprint density at radius 3 is 2.90 bits per heavy atom. The SMILES string of the molecule is Cn1nc(NCc2cccc(C(F)F)c2F)c2cc(N3C=C4CC3CN4)cnc2c1=O. The first kappa shape index (κ1) is 19.4. The van der Waals surface area contributed by atoms with Crippen molar-refractivity contribution < 1.29 is 13.2 Å². The number of pyridine rings is 1. The van der Waals surface area contributed by atoms with Crippen molar-refractivity contribution in [3.63, 3.8) is 0 Å². The number of hydrogen-bond donors (Lipinski definition) is 2. The molecule has 0 saturated carbocycles. The molecule has 0 amide bonds. The summed E-state index contributed by atoms with van der Waals surface area (Å²) in [5.41, 5.74) is 1.27. The Hall–Kier alpha value is -3.56. The first-order chi connectivity index (χ1) is 14.9. The maximum atomic E-state index is 14.4. The topological polar surface area (TPSA) is 75.1 Å². The number of hydrogen-bond acceptors (Lipinski definition) is 6. The molecule has 10 heteroatoms. The van der Waals surface area contributed by atoms with Crippen LogP contribution >= 0.6 is 0 Å². The fourth-order valence-electron chi connectivity index (χ4n) is 4.06. The van der Waals surface area contributed by atoms with E-state index in [-0.39, 0.29) is 29.2 Å². The summed E-state index contributed by atoms with van der Waals surface area (Å²) in [5.74, 6) is -0.631. The Balaban J connectivity index is 1.52. The number of nitrogens with zero attached hydrogens (tertiary/aromatic N) is 4. The van der Waals surface area contributed by atoms with Gasteiger partial charge in [-0.1, -0.05) is 18.2 Å². The lowest BCUT2D eigenvalue weighted by molar-refractivity contribution is 0.146. The summed E-state index contributed by atoms with van der Waals surface area (Å²) in [4.78, 5) is 19.0. The van der Waals surface area contributed by atoms with E-state index in [0.29, 0.717) is 11.2 Å². The highest BCUT2D eigenvalue weighted by Gasteiger charge is 2.31. The number of aryl methyl sites for hydroxylation is 1. The van der Waals surface area contributed by atoms with Crippen molar-refractivity contribution in [3.8, 4) is 0 Å². The average Bonchev–Trinajstić information content (AvgIpc) is 3.39. The second-order valence-electron chi connectivity index (χ2n) is 7.64. The minimum atomic E-state index is -2.90. The van der Waals surface area contributed by atoms with Gasteiger partial charge in [0, 0.05) is 44.0 Å². The average molecular weight is 428 g/mol. The Morgan fingerprint density at radius 2 is 2.19 bits per heavy atom. The molecular formula is C21H19F3N6O. The standard InChI is InChI=1S/C21H19F3N6O/c1-29-21(31)18-16(6-14(9-26-18)30-10-12-5-13(30)8-25-12)20(28-29)27-7-11-3-2-4-15(17(11)22)19(23)24/h2-4,6,9-10,13,19,25H,5,7-8H2,1H3,(H,27,28). The fourth-order valence-corrected chi connectivity index (χ4v) is 4.06. The molecule has 5 rings (SSSR count). The number of alkyl halides is 2. The second-order valence-corrected chi connectivity index (χ2v) is 7.64. The van der Waals surface area contributed by atoms with Gasteiger partial charge in [0.15, 0.2) is 5.82 Å². The van der Waals surface area contributed by atoms with Gasteiger partial charge in [0.25, 0.3) is 12.0 Å². The molecule has 2 N–H and O–H groups in total. The van der Waals surface area contributed by atoms with Crippen LogP contribution in [-0.2, 0) is 13.6 Å². The van der Waals surface area contributed by atoms with E-state index in [1.54, 1.807) is 6.20 Å². The van der Waals surface area contributed by atoms with E-state index in [4.69, 9.17) is 0 Å². The number of nitrogens with one attached hydrogen (secondary N) is 2. The molecule has 1 unspecified atom stereocenters. The maximum absolute atomic E-state index is 14.4. The van der Waals surface area contributed by atoms with E-state index in [9.17, 15) is 18.0 Å². The van der Waals surface area contributed by atoms with Gasteiger partial charge in [0.2, 0.25) is 0 Å². The van der Waals surface area contributed by atoms with Gasteiger partial charge in [0.1, 0.15) is 11.3 Å². The molecule has 2 aliphatic rings. The highest BCUT2D eigenvalue weighted by Crippen LogP contribution is 2.32. The molecule has 0 spiro atoms. The summed E-state index contributed by atoms with van der Waals surface area (Å²) in [6.45, 7) is 0.765. The Kier molecular flexibility index (Phi) is 4.57. The van der Waals surface area contributed by atoms with Crippen molar-refractivity contribution in [1.82, 2.24) is 20.1 Å². The third-order valence-electron chi connectivity index (χ3n) is 5.67. The Bertz CT molecular complexity index is 1270. The molecule has 31 heavy (non-hydrogen) atoms. The number of benzene rings is 1. The molecular weight excluding hydrogens is 409 g/mol. The van der Waals surface area contributed by atoms with Crippen molar-refractivity contribution in [1.29, 1.82) is 0 Å². The molecule has 1 aromatic carbocycles. The maximum Gasteiger partial charge on any atom is 0.293 e. The van der Waals surface area contributed by atoms with E-state index in [0.717, 1.165) is 35.1 Å². The zero-order chi connectivity index (χ0) is 21.7. The van der Waals surface area contributed by atoms with Gasteiger partial charge in [-0.25, -0.2) is 22.8 Å². The van der Waals surface area contributed by atoms with E-state index in [2.05, 4.69) is 25.6 Å². The highest BCUT2D eigenvalue weighted by atomic mass is 19.3. The van der Waals surface area contributed by atoms with Crippen LogP contribution < -0.4 is 21.1 Å². The smallest absolute Gasteiger partial charge is 0.293 e. The molecule has 4 heterocycles. The van der Waals surface area contributed by atoms with Crippen molar-refractivity contribution in [2.45, 2.75) is 25.4 Å². The number of aromatic nitrogens is 3. The van der Waals surface area contributed by atoms with Crippen LogP contribution in [0.3, 0.4) is 0 Å². The normalized spacial score (nSPS) is 17.4. The van der Waals surface area contributed by atoms with Gasteiger partial charge in [0.05, 0.1) is 28.9 Å². The fraction of sp³-hybridized carbons (Fsp3) is 0.286. The van der Waals surface area contributed by atoms with Crippen molar-refractivity contribution in [2.24, 2.45) is 7.05 Å². The first-order valence-corrected chi connectivity index (χ1v) is 9.81. The molecule has 1 fully saturated rings. The van der Waals surface area contributed by atoms with Crippen molar-refractivity contribution >= 4 is 22.4 Å². The molecule has 1 saturated heterocycles. The lowest BCUT2D eigenvalue weighted by atomic mass is 10.1. The molecule has 0 aliphatic carbocycles. The van der Waals surface area contributed by atoms with Crippen LogP contribution in [0.2, 0.25) is 0 Å². The van der Waals surface area contributed by atoms with Crippen LogP contribution in [0.15, 0.2) is 47.2 Å². The van der Waals surface area contributed by atoms with Gasteiger partial charge in [-0.3, -0.25) is 4.79 Å². The zero-order valence-corrected chi connectivity index (χ0v) is 16.6. The molecule has 2 bridgehead atoms. The van der Waals surface area contributed by atoms with E-state index >= 15 is 0 Å². The minimum Gasteiger partial charge on any atom is -0.385 e. The van der Waals surface area contributed by atoms with Crippen molar-refractivity contribution in [3.05, 3.63) is 69.7 Å². The molecule has 3 aromatic rings. The monoisotopic (exact) mass is 428 g/mol. The number of fused-ring (bicyclic) bond motifs is 3. The Labute approximate surface area is 175 Å². The van der Waals surface area contributed by atoms with Gasteiger partial charge in [-0.2, -0.15) is 5.10 Å². The molecule has 2 aromatic heterocycles. The molecule has 7 nitrogen and oxygen atoms in total. The summed E-state index contributed by atoms with van der Waals surface area (Å²) in [6, 6.07) is 5.99. The first-order valence-electron chi connectivity index (χ1n) is 9.81. The van der Waals surface area contributed by atoms with E-state index in [1.165, 1.54) is 19.2 Å². The minimum absolute atomic E-state index is 0.0722. The molecule has 2 aliphatic heterocycles. The summed E-state index contributed by atoms with van der Waals surface area (Å²) in [6.07, 6.45) is 1.70. The van der Waals surface area contributed by atoms with Crippen LogP contribution in [0.5, 0.6) is 0 Å². The third-order valence-corrected chi connectivity index (χ3v) is 5.67. The summed E-state index contributed by atoms with van der Waals surface area (Å²) in [7, 11) is 1.50. The van der Waals surface area contributed by atoms with Gasteiger partial charge in [-0.15, -0.1) is 0 Å². The molecule has 160 valence electrons. The number of rotatable bonds is 5. The van der Waals surface area contributed by atoms with Crippen LogP contribution in [0.25, 0.3) is 10.9 Å². The lowest BCUT2D eigenvalue weighted by Gasteiger charge is -2.25. The van der Waals surface area contributed by atoms with Crippen LogP contribution in [-0.4, -0.2) is 27.4 Å². The molecule has 0 radical (unpaired) electrons. The van der Waals surface area contributed by atoms with E-state index in [1.807, 2.05) is 12.3 Å². The van der Waals surface area contributed by atoms with Gasteiger partial charge >= 0.3 is 0 Å². The van der Waals surface area contributed by atoms with Crippen molar-refractivity contribution in [2.75, 3.05) is 16.8 Å². The van der Waals surface area contributed by atoms with Crippen LogP contribution in [0.4, 0.5) is 24.7 Å².